The third kappa shape index (κ3) is 4.83. The number of aldehydes is 1. The maximum absolute atomic E-state index is 12.3. The summed E-state index contributed by atoms with van der Waals surface area (Å²) in [4.78, 5) is 22.9. The fraction of sp³-hybridized carbons (Fsp3) is 0.333. The quantitative estimate of drug-likeness (QED) is 0.744. The van der Waals surface area contributed by atoms with Gasteiger partial charge in [0.25, 0.3) is 5.91 Å². The van der Waals surface area contributed by atoms with E-state index < -0.39 is 6.10 Å². The fourth-order valence-corrected chi connectivity index (χ4v) is 2.50. The molecule has 1 aromatic carbocycles. The lowest BCUT2D eigenvalue weighted by atomic mass is 10.2. The second-order valence-corrected chi connectivity index (χ2v) is 5.69. The molecule has 8 heteroatoms. The highest BCUT2D eigenvalue weighted by atomic mass is 32.1. The third-order valence-corrected chi connectivity index (χ3v) is 3.73. The van der Waals surface area contributed by atoms with Gasteiger partial charge in [-0.25, -0.2) is 0 Å². The minimum atomic E-state index is -0.660. The summed E-state index contributed by atoms with van der Waals surface area (Å²) in [7, 11) is 1.57. The zero-order valence-corrected chi connectivity index (χ0v) is 13.6. The van der Waals surface area contributed by atoms with Crippen molar-refractivity contribution in [2.45, 2.75) is 26.1 Å². The van der Waals surface area contributed by atoms with E-state index in [2.05, 4.69) is 15.5 Å². The van der Waals surface area contributed by atoms with Crippen molar-refractivity contribution in [2.24, 2.45) is 0 Å². The number of carbonyl (C=O) groups is 2. The Kier molecular flexibility index (Phi) is 6.19. The van der Waals surface area contributed by atoms with Gasteiger partial charge in [0, 0.05) is 12.7 Å². The van der Waals surface area contributed by atoms with Gasteiger partial charge in [-0.15, -0.1) is 10.2 Å². The predicted molar refractivity (Wildman–Crippen MR) is 85.8 cm³/mol. The smallest absolute Gasteiger partial charge is 0.267 e. The molecule has 1 atom stereocenters. The number of carbonyl (C=O) groups excluding carboxylic acids is 2. The van der Waals surface area contributed by atoms with Crippen molar-refractivity contribution in [3.63, 3.8) is 0 Å². The normalized spacial score (nSPS) is 11.7. The first kappa shape index (κ1) is 17.0. The molecule has 7 nitrogen and oxygen atoms in total. The van der Waals surface area contributed by atoms with Crippen LogP contribution in [0.15, 0.2) is 24.3 Å². The van der Waals surface area contributed by atoms with Gasteiger partial charge in [0.15, 0.2) is 6.10 Å². The standard InChI is InChI=1S/C15H17N3O4S/c1-3-12(22-11-6-4-10(8-19)5-7-11)14(20)16-15-18-17-13(23-15)9-21-2/h4-8,12H,3,9H2,1-2H3,(H,16,18,20). The number of aromatic nitrogens is 2. The molecule has 1 amide bonds. The highest BCUT2D eigenvalue weighted by Gasteiger charge is 2.20. The number of hydrogen-bond donors (Lipinski definition) is 1. The minimum Gasteiger partial charge on any atom is -0.481 e. The summed E-state index contributed by atoms with van der Waals surface area (Å²) in [5.74, 6) is 0.224. The molecule has 23 heavy (non-hydrogen) atoms. The molecule has 0 radical (unpaired) electrons. The Morgan fingerprint density at radius 3 is 2.70 bits per heavy atom. The van der Waals surface area contributed by atoms with E-state index >= 15 is 0 Å². The van der Waals surface area contributed by atoms with Crippen molar-refractivity contribution < 1.29 is 19.1 Å². The summed E-state index contributed by atoms with van der Waals surface area (Å²) in [6.45, 7) is 2.20. The van der Waals surface area contributed by atoms with Crippen LogP contribution in [-0.4, -0.2) is 35.6 Å². The zero-order chi connectivity index (χ0) is 16.7. The maximum Gasteiger partial charge on any atom is 0.267 e. The van der Waals surface area contributed by atoms with Crippen molar-refractivity contribution in [1.29, 1.82) is 0 Å². The van der Waals surface area contributed by atoms with E-state index in [4.69, 9.17) is 9.47 Å². The Morgan fingerprint density at radius 1 is 1.35 bits per heavy atom. The van der Waals surface area contributed by atoms with Crippen LogP contribution in [0.5, 0.6) is 5.75 Å². The summed E-state index contributed by atoms with van der Waals surface area (Å²) in [5.41, 5.74) is 0.550. The molecule has 0 saturated carbocycles. The molecule has 122 valence electrons. The maximum atomic E-state index is 12.3. The average molecular weight is 335 g/mol. The zero-order valence-electron chi connectivity index (χ0n) is 12.8. The SMILES string of the molecule is CCC(Oc1ccc(C=O)cc1)C(=O)Nc1nnc(COC)s1. The van der Waals surface area contributed by atoms with Crippen LogP contribution in [0.2, 0.25) is 0 Å². The van der Waals surface area contributed by atoms with Crippen LogP contribution in [-0.2, 0) is 16.1 Å². The third-order valence-electron chi connectivity index (χ3n) is 2.92. The van der Waals surface area contributed by atoms with Gasteiger partial charge < -0.3 is 9.47 Å². The van der Waals surface area contributed by atoms with E-state index in [-0.39, 0.29) is 5.91 Å². The van der Waals surface area contributed by atoms with Crippen LogP contribution in [0.3, 0.4) is 0 Å². The van der Waals surface area contributed by atoms with Gasteiger partial charge in [0.1, 0.15) is 23.7 Å². The molecule has 1 N–H and O–H groups in total. The summed E-state index contributed by atoms with van der Waals surface area (Å²) in [6.07, 6.45) is 0.582. The first-order valence-electron chi connectivity index (χ1n) is 7.00. The highest BCUT2D eigenvalue weighted by molar-refractivity contribution is 7.15. The van der Waals surface area contributed by atoms with Crippen molar-refractivity contribution in [1.82, 2.24) is 10.2 Å². The van der Waals surface area contributed by atoms with Crippen LogP contribution >= 0.6 is 11.3 Å². The first-order valence-corrected chi connectivity index (χ1v) is 7.82. The van der Waals surface area contributed by atoms with Gasteiger partial charge in [0.05, 0.1) is 0 Å². The van der Waals surface area contributed by atoms with E-state index in [1.54, 1.807) is 31.4 Å². The van der Waals surface area contributed by atoms with E-state index in [0.29, 0.717) is 34.5 Å². The van der Waals surface area contributed by atoms with Gasteiger partial charge in [-0.2, -0.15) is 0 Å². The van der Waals surface area contributed by atoms with Gasteiger partial charge in [0.2, 0.25) is 5.13 Å². The topological polar surface area (TPSA) is 90.4 Å². The van der Waals surface area contributed by atoms with E-state index in [1.165, 1.54) is 11.3 Å². The molecule has 0 aliphatic heterocycles. The highest BCUT2D eigenvalue weighted by Crippen LogP contribution is 2.18. The van der Waals surface area contributed by atoms with Crippen LogP contribution in [0.25, 0.3) is 0 Å². The van der Waals surface area contributed by atoms with Crippen molar-refractivity contribution >= 4 is 28.7 Å². The molecular formula is C15H17N3O4S. The Bertz CT molecular complexity index is 657. The van der Waals surface area contributed by atoms with Gasteiger partial charge in [-0.1, -0.05) is 18.3 Å². The Morgan fingerprint density at radius 2 is 2.09 bits per heavy atom. The molecule has 0 aliphatic rings. The molecule has 1 aromatic heterocycles. The molecule has 0 bridgehead atoms. The number of nitrogens with one attached hydrogen (secondary N) is 1. The number of amides is 1. The number of hydrogen-bond acceptors (Lipinski definition) is 7. The largest absolute Gasteiger partial charge is 0.481 e. The molecule has 1 unspecified atom stereocenters. The summed E-state index contributed by atoms with van der Waals surface area (Å²) in [5, 5.41) is 11.6. The molecule has 0 saturated heterocycles. The second-order valence-electron chi connectivity index (χ2n) is 4.62. The number of rotatable bonds is 8. The minimum absolute atomic E-state index is 0.299. The van der Waals surface area contributed by atoms with Crippen molar-refractivity contribution in [3.05, 3.63) is 34.8 Å². The van der Waals surface area contributed by atoms with E-state index in [1.807, 2.05) is 6.92 Å². The fourth-order valence-electron chi connectivity index (χ4n) is 1.78. The Labute approximate surface area is 137 Å². The number of methoxy groups -OCH3 is 1. The van der Waals surface area contributed by atoms with Crippen LogP contribution in [0.4, 0.5) is 5.13 Å². The van der Waals surface area contributed by atoms with Crippen molar-refractivity contribution in [3.8, 4) is 5.75 Å². The lowest BCUT2D eigenvalue weighted by Crippen LogP contribution is -2.32. The van der Waals surface area contributed by atoms with E-state index in [9.17, 15) is 9.59 Å². The van der Waals surface area contributed by atoms with Crippen LogP contribution in [0, 0.1) is 0 Å². The number of nitrogens with zero attached hydrogens (tertiary/aromatic N) is 2. The van der Waals surface area contributed by atoms with Crippen molar-refractivity contribution in [2.75, 3.05) is 12.4 Å². The number of benzene rings is 1. The molecular weight excluding hydrogens is 318 g/mol. The number of ether oxygens (including phenoxy) is 2. The summed E-state index contributed by atoms with van der Waals surface area (Å²) in [6, 6.07) is 6.58. The van der Waals surface area contributed by atoms with Gasteiger partial charge in [-0.05, 0) is 30.7 Å². The lowest BCUT2D eigenvalue weighted by Gasteiger charge is -2.16. The van der Waals surface area contributed by atoms with Crippen LogP contribution in [0.1, 0.15) is 28.7 Å². The van der Waals surface area contributed by atoms with Gasteiger partial charge in [-0.3, -0.25) is 14.9 Å². The average Bonchev–Trinajstić information content (AvgIpc) is 3.00. The molecule has 2 rings (SSSR count). The molecule has 0 spiro atoms. The summed E-state index contributed by atoms with van der Waals surface area (Å²) < 4.78 is 10.6. The molecule has 0 fully saturated rings. The predicted octanol–water partition coefficient (Wildman–Crippen LogP) is 2.29. The molecule has 1 heterocycles. The molecule has 0 aliphatic carbocycles. The Hall–Kier alpha value is -2.32. The van der Waals surface area contributed by atoms with Crippen LogP contribution < -0.4 is 10.1 Å². The van der Waals surface area contributed by atoms with E-state index in [0.717, 1.165) is 6.29 Å². The monoisotopic (exact) mass is 335 g/mol. The van der Waals surface area contributed by atoms with Gasteiger partial charge >= 0.3 is 0 Å². The Balaban J connectivity index is 1.97. The molecule has 2 aromatic rings. The lowest BCUT2D eigenvalue weighted by molar-refractivity contribution is -0.122. The summed E-state index contributed by atoms with van der Waals surface area (Å²) >= 11 is 1.25. The number of anilines is 1. The first-order chi connectivity index (χ1) is 11.2. The second kappa shape index (κ2) is 8.35.